The molecule has 0 saturated carbocycles. The van der Waals surface area contributed by atoms with Crippen molar-refractivity contribution < 1.29 is 17.0 Å². The van der Waals surface area contributed by atoms with Crippen LogP contribution in [0.1, 0.15) is 0 Å². The normalized spacial score (nSPS) is 13.7. The SMILES string of the molecule is C1=NN=N[N+]1(c1ccccc1)c1ccccc1.[Br-].c1nn[nH]n1. The number of hydrogen-bond acceptors (Lipinski definition) is 6. The summed E-state index contributed by atoms with van der Waals surface area (Å²) in [4.78, 5) is 0. The molecule has 0 spiro atoms. The molecule has 8 nitrogen and oxygen atoms in total. The van der Waals surface area contributed by atoms with E-state index >= 15 is 0 Å². The summed E-state index contributed by atoms with van der Waals surface area (Å²) in [6.45, 7) is 0. The second-order valence-corrected chi connectivity index (χ2v) is 4.33. The Morgan fingerprint density at radius 1 is 0.826 bits per heavy atom. The number of aromatic nitrogens is 4. The zero-order valence-corrected chi connectivity index (χ0v) is 13.5. The molecule has 0 atom stereocenters. The van der Waals surface area contributed by atoms with Crippen LogP contribution in [0.25, 0.3) is 0 Å². The van der Waals surface area contributed by atoms with Gasteiger partial charge < -0.3 is 17.0 Å². The first-order valence-electron chi connectivity index (χ1n) is 6.55. The van der Waals surface area contributed by atoms with Crippen LogP contribution in [0.15, 0.2) is 82.5 Å². The molecular weight excluding hydrogens is 360 g/mol. The van der Waals surface area contributed by atoms with E-state index in [-0.39, 0.29) is 21.6 Å². The standard InChI is InChI=1S/C13H11N4.CH2N4.BrH/c1-3-7-12(8-4-1)17(11-14-15-16-17)13-9-5-2-6-10-13;1-2-4-5-3-1;/h1-11H;1H,(H,2,3,4,5);1H/q+1;;/p-1. The van der Waals surface area contributed by atoms with Crippen LogP contribution in [0.5, 0.6) is 0 Å². The highest BCUT2D eigenvalue weighted by Gasteiger charge is 2.36. The van der Waals surface area contributed by atoms with Crippen molar-refractivity contribution in [3.05, 3.63) is 67.0 Å². The van der Waals surface area contributed by atoms with Gasteiger partial charge in [-0.25, -0.2) is 0 Å². The molecule has 4 rings (SSSR count). The summed E-state index contributed by atoms with van der Waals surface area (Å²) < 4.78 is 0.196. The Labute approximate surface area is 142 Å². The molecule has 116 valence electrons. The van der Waals surface area contributed by atoms with Gasteiger partial charge in [-0.05, 0) is 0 Å². The Bertz CT molecular complexity index is 672. The Morgan fingerprint density at radius 2 is 1.43 bits per heavy atom. The van der Waals surface area contributed by atoms with Gasteiger partial charge in [-0.1, -0.05) is 51.3 Å². The molecule has 3 aromatic rings. The lowest BCUT2D eigenvalue weighted by Crippen LogP contribution is -3.00. The smallest absolute Gasteiger partial charge is 0.250 e. The number of nitrogens with one attached hydrogen (secondary N) is 1. The van der Waals surface area contributed by atoms with Crippen LogP contribution in [0.3, 0.4) is 0 Å². The Morgan fingerprint density at radius 3 is 1.78 bits per heavy atom. The quantitative estimate of drug-likeness (QED) is 0.634. The van der Waals surface area contributed by atoms with E-state index in [0.29, 0.717) is 0 Å². The summed E-state index contributed by atoms with van der Waals surface area (Å²) in [6.07, 6.45) is 3.06. The van der Waals surface area contributed by atoms with Gasteiger partial charge >= 0.3 is 0 Å². The summed E-state index contributed by atoms with van der Waals surface area (Å²) in [5, 5.41) is 24.1. The van der Waals surface area contributed by atoms with E-state index in [1.54, 1.807) is 6.34 Å². The van der Waals surface area contributed by atoms with Gasteiger partial charge in [0.2, 0.25) is 6.34 Å². The van der Waals surface area contributed by atoms with Gasteiger partial charge in [-0.3, -0.25) is 0 Å². The van der Waals surface area contributed by atoms with Crippen LogP contribution < -0.4 is 21.6 Å². The molecule has 9 heteroatoms. The molecule has 1 aliphatic heterocycles. The van der Waals surface area contributed by atoms with Gasteiger partial charge in [0.15, 0.2) is 17.7 Å². The van der Waals surface area contributed by atoms with Crippen molar-refractivity contribution >= 4 is 17.7 Å². The molecule has 23 heavy (non-hydrogen) atoms. The van der Waals surface area contributed by atoms with Crippen molar-refractivity contribution in [2.75, 3.05) is 0 Å². The third kappa shape index (κ3) is 3.71. The number of halogens is 1. The van der Waals surface area contributed by atoms with Gasteiger partial charge in [-0.15, -0.1) is 10.2 Å². The van der Waals surface area contributed by atoms with E-state index in [0.717, 1.165) is 11.4 Å². The maximum atomic E-state index is 4.25. The fraction of sp³-hybridized carbons (Fsp3) is 0. The monoisotopic (exact) mass is 372 g/mol. The second-order valence-electron chi connectivity index (χ2n) is 4.33. The van der Waals surface area contributed by atoms with Crippen LogP contribution >= 0.6 is 0 Å². The first-order valence-corrected chi connectivity index (χ1v) is 6.55. The Balaban J connectivity index is 0.000000276. The number of aromatic amines is 1. The molecule has 1 aromatic heterocycles. The Kier molecular flexibility index (Phi) is 5.78. The number of tetrazole rings is 1. The molecule has 0 fully saturated rings. The van der Waals surface area contributed by atoms with Crippen molar-refractivity contribution in [3.8, 4) is 0 Å². The van der Waals surface area contributed by atoms with Gasteiger partial charge in [0.05, 0.1) is 5.22 Å². The maximum absolute atomic E-state index is 4.25. The molecule has 2 heterocycles. The van der Waals surface area contributed by atoms with E-state index in [1.165, 1.54) is 6.33 Å². The molecule has 0 saturated heterocycles. The summed E-state index contributed by atoms with van der Waals surface area (Å²) >= 11 is 0. The minimum atomic E-state index is 0. The van der Waals surface area contributed by atoms with Crippen LogP contribution in [-0.2, 0) is 0 Å². The number of nitrogens with zero attached hydrogens (tertiary/aromatic N) is 7. The predicted molar refractivity (Wildman–Crippen MR) is 81.9 cm³/mol. The van der Waals surface area contributed by atoms with E-state index in [4.69, 9.17) is 0 Å². The van der Waals surface area contributed by atoms with E-state index in [9.17, 15) is 0 Å². The van der Waals surface area contributed by atoms with E-state index in [2.05, 4.69) is 36.2 Å². The summed E-state index contributed by atoms with van der Waals surface area (Å²) in [7, 11) is 0. The number of quaternary nitrogens is 1. The highest BCUT2D eigenvalue weighted by Crippen LogP contribution is 2.35. The lowest BCUT2D eigenvalue weighted by atomic mass is 10.2. The highest BCUT2D eigenvalue weighted by atomic mass is 79.9. The number of para-hydroxylation sites is 2. The molecule has 0 radical (unpaired) electrons. The van der Waals surface area contributed by atoms with Crippen molar-refractivity contribution in [1.29, 1.82) is 0 Å². The first-order chi connectivity index (χ1) is 10.9. The number of hydrogen-bond donors (Lipinski definition) is 1. The minimum absolute atomic E-state index is 0. The fourth-order valence-corrected chi connectivity index (χ4v) is 2.03. The molecular formula is C14H13BrN8. The largest absolute Gasteiger partial charge is 1.00 e. The average Bonchev–Trinajstić information content (AvgIpc) is 3.32. The summed E-state index contributed by atoms with van der Waals surface area (Å²) in [5.74, 6) is 0. The number of benzene rings is 2. The molecule has 2 aromatic carbocycles. The highest BCUT2D eigenvalue weighted by molar-refractivity contribution is 5.82. The average molecular weight is 373 g/mol. The van der Waals surface area contributed by atoms with E-state index < -0.39 is 0 Å². The predicted octanol–water partition coefficient (Wildman–Crippen LogP) is -0.147. The fourth-order valence-electron chi connectivity index (χ4n) is 2.03. The summed E-state index contributed by atoms with van der Waals surface area (Å²) in [5.41, 5.74) is 2.03. The summed E-state index contributed by atoms with van der Waals surface area (Å²) in [6, 6.07) is 20.0. The third-order valence-electron chi connectivity index (χ3n) is 3.02. The molecule has 0 bridgehead atoms. The van der Waals surface area contributed by atoms with Gasteiger partial charge in [0.1, 0.15) is 0 Å². The molecule has 0 unspecified atom stereocenters. The molecule has 0 amide bonds. The van der Waals surface area contributed by atoms with Crippen LogP contribution in [0.4, 0.5) is 11.4 Å². The molecule has 0 aliphatic carbocycles. The van der Waals surface area contributed by atoms with Gasteiger partial charge in [0.25, 0.3) is 0 Å². The van der Waals surface area contributed by atoms with Gasteiger partial charge in [0, 0.05) is 29.5 Å². The number of H-pyrrole nitrogens is 1. The third-order valence-corrected chi connectivity index (χ3v) is 3.02. The van der Waals surface area contributed by atoms with Crippen LogP contribution in [-0.4, -0.2) is 27.0 Å². The Hall–Kier alpha value is -2.78. The zero-order chi connectivity index (χ0) is 15.1. The maximum Gasteiger partial charge on any atom is 0.250 e. The molecule has 1 aliphatic rings. The lowest BCUT2D eigenvalue weighted by molar-refractivity contribution is -0.00000462. The van der Waals surface area contributed by atoms with Crippen molar-refractivity contribution in [2.24, 2.45) is 15.5 Å². The van der Waals surface area contributed by atoms with Crippen molar-refractivity contribution in [2.45, 2.75) is 0 Å². The van der Waals surface area contributed by atoms with Crippen molar-refractivity contribution in [1.82, 2.24) is 25.2 Å². The second kappa shape index (κ2) is 8.01. The van der Waals surface area contributed by atoms with Crippen LogP contribution in [0, 0.1) is 0 Å². The van der Waals surface area contributed by atoms with Gasteiger partial charge in [-0.2, -0.15) is 5.21 Å². The van der Waals surface area contributed by atoms with E-state index in [1.807, 2.05) is 60.7 Å². The zero-order valence-electron chi connectivity index (χ0n) is 11.9. The minimum Gasteiger partial charge on any atom is -1.00 e. The van der Waals surface area contributed by atoms with Crippen LogP contribution in [0.2, 0.25) is 0 Å². The first kappa shape index (κ1) is 16.6. The lowest BCUT2D eigenvalue weighted by Gasteiger charge is -2.20. The number of rotatable bonds is 2. The topological polar surface area (TPSA) is 91.5 Å². The molecule has 1 N–H and O–H groups in total. The van der Waals surface area contributed by atoms with Crippen molar-refractivity contribution in [3.63, 3.8) is 0 Å².